The van der Waals surface area contributed by atoms with E-state index in [0.29, 0.717) is 44.7 Å². The number of esters is 1. The van der Waals surface area contributed by atoms with Gasteiger partial charge in [0.15, 0.2) is 0 Å². The van der Waals surface area contributed by atoms with Crippen LogP contribution in [0.15, 0.2) is 72.8 Å². The molecule has 7 heteroatoms. The lowest BCUT2D eigenvalue weighted by Crippen LogP contribution is -2.13. The molecule has 0 unspecified atom stereocenters. The van der Waals surface area contributed by atoms with Crippen LogP contribution in [0.5, 0.6) is 0 Å². The summed E-state index contributed by atoms with van der Waals surface area (Å²) < 4.78 is 5.23. The van der Waals surface area contributed by atoms with Crippen molar-refractivity contribution in [3.05, 3.63) is 94.0 Å². The van der Waals surface area contributed by atoms with Crippen LogP contribution in [0, 0.1) is 0 Å². The highest BCUT2D eigenvalue weighted by Crippen LogP contribution is 2.30. The lowest BCUT2D eigenvalue weighted by molar-refractivity contribution is 0.0499. The maximum atomic E-state index is 13.2. The summed E-state index contributed by atoms with van der Waals surface area (Å²) >= 11 is 12.2. The van der Waals surface area contributed by atoms with E-state index < -0.39 is 0 Å². The summed E-state index contributed by atoms with van der Waals surface area (Å²) in [5, 5.41) is 4.48. The molecular formula is C27H22Cl2N2O3. The Morgan fingerprint density at radius 3 is 2.44 bits per heavy atom. The summed E-state index contributed by atoms with van der Waals surface area (Å²) in [6.07, 6.45) is 1.78. The molecule has 0 radical (unpaired) electrons. The van der Waals surface area contributed by atoms with E-state index in [2.05, 4.69) is 5.32 Å². The SMILES string of the molecule is CCCCOC(=O)c1ccc(NC(=O)c2cc(-c3ccc(Cl)c(Cl)c3)nc3ccccc23)cc1. The zero-order chi connectivity index (χ0) is 24.1. The van der Waals surface area contributed by atoms with Crippen LogP contribution in [0.1, 0.15) is 40.5 Å². The number of anilines is 1. The van der Waals surface area contributed by atoms with E-state index >= 15 is 0 Å². The average Bonchev–Trinajstić information content (AvgIpc) is 2.85. The van der Waals surface area contributed by atoms with Gasteiger partial charge in [-0.2, -0.15) is 0 Å². The van der Waals surface area contributed by atoms with Crippen LogP contribution in [-0.2, 0) is 4.74 Å². The summed E-state index contributed by atoms with van der Waals surface area (Å²) in [7, 11) is 0. The summed E-state index contributed by atoms with van der Waals surface area (Å²) in [5.74, 6) is -0.670. The number of fused-ring (bicyclic) bond motifs is 1. The van der Waals surface area contributed by atoms with Crippen molar-refractivity contribution >= 4 is 51.7 Å². The maximum Gasteiger partial charge on any atom is 0.338 e. The molecule has 34 heavy (non-hydrogen) atoms. The fraction of sp³-hybridized carbons (Fsp3) is 0.148. The fourth-order valence-corrected chi connectivity index (χ4v) is 3.75. The Labute approximate surface area is 207 Å². The third kappa shape index (κ3) is 5.38. The predicted molar refractivity (Wildman–Crippen MR) is 137 cm³/mol. The molecule has 4 rings (SSSR count). The van der Waals surface area contributed by atoms with Gasteiger partial charge in [-0.05, 0) is 55.0 Å². The van der Waals surface area contributed by atoms with E-state index in [1.54, 1.807) is 42.5 Å². The molecule has 4 aromatic rings. The molecule has 3 aromatic carbocycles. The highest BCUT2D eigenvalue weighted by atomic mass is 35.5. The molecule has 0 saturated heterocycles. The van der Waals surface area contributed by atoms with Gasteiger partial charge in [0.25, 0.3) is 5.91 Å². The van der Waals surface area contributed by atoms with Crippen LogP contribution in [0.3, 0.4) is 0 Å². The first-order valence-electron chi connectivity index (χ1n) is 10.9. The third-order valence-corrected chi connectivity index (χ3v) is 6.02. The topological polar surface area (TPSA) is 68.3 Å². The second-order valence-corrected chi connectivity index (χ2v) is 8.54. The molecule has 0 atom stereocenters. The van der Waals surface area contributed by atoms with Gasteiger partial charge >= 0.3 is 5.97 Å². The third-order valence-electron chi connectivity index (χ3n) is 5.29. The molecular weight excluding hydrogens is 471 g/mol. The van der Waals surface area contributed by atoms with Crippen molar-refractivity contribution in [2.75, 3.05) is 11.9 Å². The van der Waals surface area contributed by atoms with E-state index in [1.165, 1.54) is 0 Å². The van der Waals surface area contributed by atoms with Gasteiger partial charge in [0, 0.05) is 16.6 Å². The largest absolute Gasteiger partial charge is 0.462 e. The molecule has 0 spiro atoms. The minimum atomic E-state index is -0.377. The monoisotopic (exact) mass is 492 g/mol. The predicted octanol–water partition coefficient (Wildman–Crippen LogP) is 7.42. The quantitative estimate of drug-likeness (QED) is 0.215. The Morgan fingerprint density at radius 1 is 0.941 bits per heavy atom. The molecule has 0 aliphatic heterocycles. The number of carbonyl (C=O) groups is 2. The number of unbranched alkanes of at least 4 members (excludes halogenated alkanes) is 1. The molecule has 0 aliphatic rings. The average molecular weight is 493 g/mol. The van der Waals surface area contributed by atoms with Crippen molar-refractivity contribution in [1.82, 2.24) is 4.98 Å². The summed E-state index contributed by atoms with van der Waals surface area (Å²) in [5.41, 5.74) is 3.50. The van der Waals surface area contributed by atoms with E-state index in [-0.39, 0.29) is 11.9 Å². The van der Waals surface area contributed by atoms with Gasteiger partial charge in [0.05, 0.1) is 39.0 Å². The van der Waals surface area contributed by atoms with E-state index in [1.807, 2.05) is 37.3 Å². The van der Waals surface area contributed by atoms with Crippen molar-refractivity contribution in [2.45, 2.75) is 19.8 Å². The first-order valence-corrected chi connectivity index (χ1v) is 11.7. The normalized spacial score (nSPS) is 10.8. The zero-order valence-corrected chi connectivity index (χ0v) is 20.0. The van der Waals surface area contributed by atoms with Crippen molar-refractivity contribution in [3.8, 4) is 11.3 Å². The smallest absolute Gasteiger partial charge is 0.338 e. The lowest BCUT2D eigenvalue weighted by Gasteiger charge is -2.11. The first kappa shape index (κ1) is 23.7. The molecule has 0 saturated carbocycles. The van der Waals surface area contributed by atoms with Crippen LogP contribution in [0.4, 0.5) is 5.69 Å². The van der Waals surface area contributed by atoms with Gasteiger partial charge in [-0.1, -0.05) is 60.8 Å². The summed E-state index contributed by atoms with van der Waals surface area (Å²) in [6, 6.07) is 21.0. The van der Waals surface area contributed by atoms with Gasteiger partial charge in [0.1, 0.15) is 0 Å². The number of amides is 1. The number of nitrogens with zero attached hydrogens (tertiary/aromatic N) is 1. The number of ether oxygens (including phenoxy) is 1. The van der Waals surface area contributed by atoms with Gasteiger partial charge in [-0.3, -0.25) is 4.79 Å². The number of halogens is 2. The van der Waals surface area contributed by atoms with Crippen molar-refractivity contribution in [1.29, 1.82) is 0 Å². The number of carbonyl (C=O) groups excluding carboxylic acids is 2. The van der Waals surface area contributed by atoms with Gasteiger partial charge < -0.3 is 10.1 Å². The van der Waals surface area contributed by atoms with Crippen LogP contribution in [0.2, 0.25) is 10.0 Å². The number of hydrogen-bond acceptors (Lipinski definition) is 4. The number of benzene rings is 3. The standard InChI is InChI=1S/C27H22Cl2N2O3/c1-2-3-14-34-27(33)17-8-11-19(12-9-17)30-26(32)21-16-25(18-10-13-22(28)23(29)15-18)31-24-7-5-4-6-20(21)24/h4-13,15-16H,2-3,14H2,1H3,(H,30,32). The molecule has 5 nitrogen and oxygen atoms in total. The van der Waals surface area contributed by atoms with E-state index in [0.717, 1.165) is 23.8 Å². The second-order valence-electron chi connectivity index (χ2n) is 7.72. The Balaban J connectivity index is 1.61. The molecule has 0 bridgehead atoms. The van der Waals surface area contributed by atoms with Crippen LogP contribution in [0.25, 0.3) is 22.2 Å². The molecule has 1 heterocycles. The minimum absolute atomic E-state index is 0.293. The lowest BCUT2D eigenvalue weighted by atomic mass is 10.0. The Kier molecular flexibility index (Phi) is 7.46. The number of aromatic nitrogens is 1. The Bertz CT molecular complexity index is 1350. The molecule has 1 amide bonds. The maximum absolute atomic E-state index is 13.2. The second kappa shape index (κ2) is 10.7. The molecule has 172 valence electrons. The van der Waals surface area contributed by atoms with E-state index in [9.17, 15) is 9.59 Å². The van der Waals surface area contributed by atoms with E-state index in [4.69, 9.17) is 32.9 Å². The number of nitrogens with one attached hydrogen (secondary N) is 1. The van der Waals surface area contributed by atoms with Gasteiger partial charge in [0.2, 0.25) is 0 Å². The number of para-hydroxylation sites is 1. The van der Waals surface area contributed by atoms with Gasteiger partial charge in [-0.15, -0.1) is 0 Å². The molecule has 0 fully saturated rings. The van der Waals surface area contributed by atoms with Crippen molar-refractivity contribution in [3.63, 3.8) is 0 Å². The summed E-state index contributed by atoms with van der Waals surface area (Å²) in [6.45, 7) is 2.43. The van der Waals surface area contributed by atoms with Crippen molar-refractivity contribution < 1.29 is 14.3 Å². The minimum Gasteiger partial charge on any atom is -0.462 e. The highest BCUT2D eigenvalue weighted by molar-refractivity contribution is 6.42. The molecule has 1 aromatic heterocycles. The first-order chi connectivity index (χ1) is 16.5. The molecule has 1 N–H and O–H groups in total. The Morgan fingerprint density at radius 2 is 1.71 bits per heavy atom. The fourth-order valence-electron chi connectivity index (χ4n) is 3.45. The zero-order valence-electron chi connectivity index (χ0n) is 18.5. The number of rotatable bonds is 7. The number of hydrogen-bond donors (Lipinski definition) is 1. The highest BCUT2D eigenvalue weighted by Gasteiger charge is 2.15. The van der Waals surface area contributed by atoms with Crippen LogP contribution < -0.4 is 5.32 Å². The number of pyridine rings is 1. The van der Waals surface area contributed by atoms with Gasteiger partial charge in [-0.25, -0.2) is 9.78 Å². The summed E-state index contributed by atoms with van der Waals surface area (Å²) in [4.78, 5) is 30.0. The van der Waals surface area contributed by atoms with Crippen LogP contribution >= 0.6 is 23.2 Å². The Hall–Kier alpha value is -3.41. The van der Waals surface area contributed by atoms with Crippen LogP contribution in [-0.4, -0.2) is 23.5 Å². The molecule has 0 aliphatic carbocycles. The van der Waals surface area contributed by atoms with Crippen molar-refractivity contribution in [2.24, 2.45) is 0 Å².